The Bertz CT molecular complexity index is 739. The fraction of sp³-hybridized carbons (Fsp3) is 0.500. The van der Waals surface area contributed by atoms with Crippen LogP contribution in [0.1, 0.15) is 18.1 Å². The Morgan fingerprint density at radius 1 is 1.50 bits per heavy atom. The minimum atomic E-state index is 0. The molecule has 0 aliphatic carbocycles. The Morgan fingerprint density at radius 3 is 3.04 bits per heavy atom. The monoisotopic (exact) mass is 491 g/mol. The minimum absolute atomic E-state index is 0. The molecule has 8 nitrogen and oxygen atoms in total. The molecule has 0 aromatic carbocycles. The van der Waals surface area contributed by atoms with Gasteiger partial charge in [-0.2, -0.15) is 4.98 Å². The van der Waals surface area contributed by atoms with Crippen molar-refractivity contribution in [3.8, 4) is 0 Å². The van der Waals surface area contributed by atoms with Gasteiger partial charge in [-0.3, -0.25) is 4.99 Å². The molecule has 2 aromatic heterocycles. The molecule has 0 bridgehead atoms. The smallest absolute Gasteiger partial charge is 0.228 e. The number of rotatable bonds is 5. The van der Waals surface area contributed by atoms with Crippen LogP contribution in [-0.4, -0.2) is 53.8 Å². The highest BCUT2D eigenvalue weighted by Gasteiger charge is 2.25. The van der Waals surface area contributed by atoms with E-state index in [2.05, 4.69) is 35.7 Å². The van der Waals surface area contributed by atoms with Gasteiger partial charge < -0.3 is 20.1 Å². The Labute approximate surface area is 174 Å². The van der Waals surface area contributed by atoms with Crippen LogP contribution in [0, 0.1) is 6.92 Å². The summed E-state index contributed by atoms with van der Waals surface area (Å²) in [5.41, 5.74) is 0. The van der Waals surface area contributed by atoms with Gasteiger partial charge in [0.05, 0.1) is 5.02 Å². The van der Waals surface area contributed by atoms with Crippen molar-refractivity contribution in [3.63, 3.8) is 0 Å². The summed E-state index contributed by atoms with van der Waals surface area (Å²) in [6.07, 6.45) is 3.42. The zero-order chi connectivity index (χ0) is 17.6. The highest BCUT2D eigenvalue weighted by atomic mass is 127. The van der Waals surface area contributed by atoms with Gasteiger partial charge in [0, 0.05) is 45.3 Å². The summed E-state index contributed by atoms with van der Waals surface area (Å²) in [4.78, 5) is 15.0. The quantitative estimate of drug-likeness (QED) is 0.376. The second kappa shape index (κ2) is 9.91. The molecule has 142 valence electrons. The first-order valence-electron chi connectivity index (χ1n) is 8.27. The fourth-order valence-electron chi connectivity index (χ4n) is 2.80. The number of halogens is 2. The fourth-order valence-corrected chi connectivity index (χ4v) is 3.04. The van der Waals surface area contributed by atoms with Crippen molar-refractivity contribution in [2.24, 2.45) is 4.99 Å². The van der Waals surface area contributed by atoms with Gasteiger partial charge in [-0.15, -0.1) is 24.0 Å². The molecular weight excluding hydrogens is 469 g/mol. The van der Waals surface area contributed by atoms with Crippen LogP contribution in [0.3, 0.4) is 0 Å². The van der Waals surface area contributed by atoms with E-state index in [0.29, 0.717) is 29.7 Å². The Hall–Kier alpha value is -1.62. The average Bonchev–Trinajstić information content (AvgIpc) is 3.23. The van der Waals surface area contributed by atoms with Gasteiger partial charge >= 0.3 is 0 Å². The third-order valence-corrected chi connectivity index (χ3v) is 4.29. The average molecular weight is 492 g/mol. The van der Waals surface area contributed by atoms with Crippen molar-refractivity contribution in [3.05, 3.63) is 35.1 Å². The summed E-state index contributed by atoms with van der Waals surface area (Å²) in [6, 6.07) is 3.99. The van der Waals surface area contributed by atoms with E-state index >= 15 is 0 Å². The minimum Gasteiger partial charge on any atom is -0.356 e. The summed E-state index contributed by atoms with van der Waals surface area (Å²) in [7, 11) is 1.76. The molecule has 1 fully saturated rings. The normalized spacial score (nSPS) is 17.1. The number of pyridine rings is 1. The lowest BCUT2D eigenvalue weighted by Crippen LogP contribution is -2.45. The highest BCUT2D eigenvalue weighted by molar-refractivity contribution is 14.0. The van der Waals surface area contributed by atoms with Gasteiger partial charge in [-0.1, -0.05) is 16.8 Å². The molecule has 3 heterocycles. The Morgan fingerprint density at radius 2 is 2.35 bits per heavy atom. The van der Waals surface area contributed by atoms with Gasteiger partial charge in [-0.05, 0) is 25.5 Å². The first-order valence-corrected chi connectivity index (χ1v) is 8.65. The van der Waals surface area contributed by atoms with Gasteiger partial charge in [0.25, 0.3) is 0 Å². The summed E-state index contributed by atoms with van der Waals surface area (Å²) >= 11 is 6.23. The maximum atomic E-state index is 6.23. The lowest BCUT2D eigenvalue weighted by Gasteiger charge is -2.20. The summed E-state index contributed by atoms with van der Waals surface area (Å²) in [5.74, 6) is 2.87. The number of aryl methyl sites for hydroxylation is 1. The lowest BCUT2D eigenvalue weighted by molar-refractivity contribution is 0.374. The first kappa shape index (κ1) is 20.7. The van der Waals surface area contributed by atoms with E-state index in [0.717, 1.165) is 31.3 Å². The van der Waals surface area contributed by atoms with E-state index in [1.165, 1.54) is 0 Å². The molecule has 0 spiro atoms. The first-order chi connectivity index (χ1) is 12.2. The van der Waals surface area contributed by atoms with Crippen LogP contribution < -0.4 is 15.5 Å². The van der Waals surface area contributed by atoms with E-state index in [1.54, 1.807) is 20.2 Å². The largest absolute Gasteiger partial charge is 0.356 e. The number of nitrogens with one attached hydrogen (secondary N) is 2. The number of hydrogen-bond donors (Lipinski definition) is 2. The van der Waals surface area contributed by atoms with Crippen LogP contribution >= 0.6 is 35.6 Å². The predicted octanol–water partition coefficient (Wildman–Crippen LogP) is 2.03. The van der Waals surface area contributed by atoms with E-state index in [1.807, 2.05) is 12.1 Å². The Kier molecular flexibility index (Phi) is 7.88. The maximum absolute atomic E-state index is 6.23. The van der Waals surface area contributed by atoms with E-state index in [4.69, 9.17) is 16.1 Å². The molecule has 10 heteroatoms. The second-order valence-electron chi connectivity index (χ2n) is 5.87. The van der Waals surface area contributed by atoms with Crippen molar-refractivity contribution in [1.29, 1.82) is 0 Å². The highest BCUT2D eigenvalue weighted by Crippen LogP contribution is 2.25. The number of hydrogen-bond acceptors (Lipinski definition) is 6. The predicted molar refractivity (Wildman–Crippen MR) is 113 cm³/mol. The molecule has 1 saturated heterocycles. The summed E-state index contributed by atoms with van der Waals surface area (Å²) in [5, 5.41) is 11.2. The summed E-state index contributed by atoms with van der Waals surface area (Å²) in [6.45, 7) is 4.22. The SMILES string of the molecule is CN=C(NCCc1nc(C)no1)NC1CCN(c2ncccc2Cl)C1.I. The topological polar surface area (TPSA) is 91.5 Å². The number of aromatic nitrogens is 3. The molecule has 1 aliphatic rings. The Balaban J connectivity index is 0.00000243. The van der Waals surface area contributed by atoms with Crippen LogP contribution in [0.5, 0.6) is 0 Å². The van der Waals surface area contributed by atoms with Crippen LogP contribution in [-0.2, 0) is 6.42 Å². The molecule has 0 saturated carbocycles. The third kappa shape index (κ3) is 5.44. The second-order valence-corrected chi connectivity index (χ2v) is 6.28. The van der Waals surface area contributed by atoms with Crippen molar-refractivity contribution < 1.29 is 4.52 Å². The van der Waals surface area contributed by atoms with Crippen LogP contribution in [0.2, 0.25) is 5.02 Å². The van der Waals surface area contributed by atoms with Crippen molar-refractivity contribution >= 4 is 47.4 Å². The molecule has 2 N–H and O–H groups in total. The molecule has 1 atom stereocenters. The van der Waals surface area contributed by atoms with Crippen LogP contribution in [0.4, 0.5) is 5.82 Å². The van der Waals surface area contributed by atoms with Crippen LogP contribution in [0.15, 0.2) is 27.8 Å². The number of anilines is 1. The van der Waals surface area contributed by atoms with Gasteiger partial charge in [0.2, 0.25) is 5.89 Å². The maximum Gasteiger partial charge on any atom is 0.228 e. The molecule has 0 radical (unpaired) electrons. The van der Waals surface area contributed by atoms with Gasteiger partial charge in [0.1, 0.15) is 5.82 Å². The molecule has 0 amide bonds. The number of aliphatic imine (C=N–C) groups is 1. The van der Waals surface area contributed by atoms with Crippen molar-refractivity contribution in [2.75, 3.05) is 31.6 Å². The van der Waals surface area contributed by atoms with Crippen molar-refractivity contribution in [2.45, 2.75) is 25.8 Å². The lowest BCUT2D eigenvalue weighted by atomic mass is 10.3. The molecule has 1 unspecified atom stereocenters. The third-order valence-electron chi connectivity index (χ3n) is 3.99. The van der Waals surface area contributed by atoms with Crippen molar-refractivity contribution in [1.82, 2.24) is 25.8 Å². The summed E-state index contributed by atoms with van der Waals surface area (Å²) < 4.78 is 5.10. The standard InChI is InChI=1S/C16H22ClN7O.HI/c1-11-21-14(25-23-11)5-8-20-16(18-2)22-12-6-9-24(10-12)15-13(17)4-3-7-19-15;/h3-4,7,12H,5-6,8-10H2,1-2H3,(H2,18,20,22);1H. The van der Waals surface area contributed by atoms with E-state index < -0.39 is 0 Å². The molecule has 2 aromatic rings. The van der Waals surface area contributed by atoms with Crippen LogP contribution in [0.25, 0.3) is 0 Å². The molecular formula is C16H23ClIN7O. The number of nitrogens with zero attached hydrogens (tertiary/aromatic N) is 5. The van der Waals surface area contributed by atoms with Gasteiger partial charge in [0.15, 0.2) is 11.8 Å². The van der Waals surface area contributed by atoms with E-state index in [-0.39, 0.29) is 30.0 Å². The molecule has 26 heavy (non-hydrogen) atoms. The number of guanidine groups is 1. The zero-order valence-electron chi connectivity index (χ0n) is 14.8. The van der Waals surface area contributed by atoms with E-state index in [9.17, 15) is 0 Å². The van der Waals surface area contributed by atoms with Gasteiger partial charge in [-0.25, -0.2) is 4.98 Å². The molecule has 1 aliphatic heterocycles. The zero-order valence-corrected chi connectivity index (χ0v) is 17.9. The molecule has 3 rings (SSSR count).